The van der Waals surface area contributed by atoms with Crippen LogP contribution in [0.3, 0.4) is 0 Å². The predicted molar refractivity (Wildman–Crippen MR) is 107 cm³/mol. The van der Waals surface area contributed by atoms with Crippen LogP contribution < -0.4 is 16.2 Å². The number of rotatable bonds is 3. The van der Waals surface area contributed by atoms with E-state index in [1.807, 2.05) is 6.92 Å². The SMILES string of the molecule is COC(=O)c1cccc(C(=O)NC(=S)NNC(=O)c2ccc(C)c(Br)c2)c1. The van der Waals surface area contributed by atoms with Crippen molar-refractivity contribution in [3.63, 3.8) is 0 Å². The number of hydrazine groups is 1. The first-order chi connectivity index (χ1) is 12.8. The largest absolute Gasteiger partial charge is 0.465 e. The standard InChI is InChI=1S/C18H16BrN3O4S/c1-10-6-7-12(9-14(10)19)16(24)21-22-18(27)20-15(23)11-4-3-5-13(8-11)17(25)26-2/h3-9H,1-2H3,(H,21,24)(H2,20,22,23,27). The molecule has 0 spiro atoms. The summed E-state index contributed by atoms with van der Waals surface area (Å²) in [4.78, 5) is 35.8. The molecule has 0 fully saturated rings. The third-order valence-electron chi connectivity index (χ3n) is 3.50. The Morgan fingerprint density at radius 2 is 1.63 bits per heavy atom. The van der Waals surface area contributed by atoms with Crippen molar-refractivity contribution in [2.24, 2.45) is 0 Å². The molecule has 0 heterocycles. The van der Waals surface area contributed by atoms with Crippen molar-refractivity contribution in [1.82, 2.24) is 16.2 Å². The maximum Gasteiger partial charge on any atom is 0.337 e. The molecule has 140 valence electrons. The molecule has 0 bridgehead atoms. The summed E-state index contributed by atoms with van der Waals surface area (Å²) in [5.74, 6) is -1.51. The average Bonchev–Trinajstić information content (AvgIpc) is 2.67. The number of esters is 1. The number of ether oxygens (including phenoxy) is 1. The molecular weight excluding hydrogens is 434 g/mol. The number of thiocarbonyl (C=S) groups is 1. The third kappa shape index (κ3) is 5.60. The fraction of sp³-hybridized carbons (Fsp3) is 0.111. The number of hydrogen-bond donors (Lipinski definition) is 3. The second kappa shape index (κ2) is 9.24. The minimum atomic E-state index is -0.554. The maximum atomic E-state index is 12.2. The minimum absolute atomic E-state index is 0.0944. The fourth-order valence-electron chi connectivity index (χ4n) is 2.03. The first kappa shape index (κ1) is 20.5. The Hall–Kier alpha value is -2.78. The van der Waals surface area contributed by atoms with Crippen molar-refractivity contribution in [3.8, 4) is 0 Å². The van der Waals surface area contributed by atoms with Crippen LogP contribution in [0.1, 0.15) is 36.6 Å². The summed E-state index contributed by atoms with van der Waals surface area (Å²) in [6.45, 7) is 1.91. The molecule has 0 saturated heterocycles. The number of nitrogens with one attached hydrogen (secondary N) is 3. The first-order valence-corrected chi connectivity index (χ1v) is 8.88. The van der Waals surface area contributed by atoms with Gasteiger partial charge in [0.2, 0.25) is 0 Å². The Balaban J connectivity index is 1.93. The topological polar surface area (TPSA) is 96.5 Å². The highest BCUT2D eigenvalue weighted by atomic mass is 79.9. The summed E-state index contributed by atoms with van der Waals surface area (Å²) in [7, 11) is 1.25. The van der Waals surface area contributed by atoms with E-state index >= 15 is 0 Å². The van der Waals surface area contributed by atoms with Gasteiger partial charge in [0.15, 0.2) is 5.11 Å². The molecule has 0 unspecified atom stereocenters. The van der Waals surface area contributed by atoms with Gasteiger partial charge in [0.25, 0.3) is 11.8 Å². The van der Waals surface area contributed by atoms with Crippen LogP contribution >= 0.6 is 28.1 Å². The highest BCUT2D eigenvalue weighted by molar-refractivity contribution is 9.10. The second-order valence-electron chi connectivity index (χ2n) is 5.40. The van der Waals surface area contributed by atoms with Gasteiger partial charge in [0.05, 0.1) is 12.7 Å². The van der Waals surface area contributed by atoms with Crippen molar-refractivity contribution >= 4 is 51.0 Å². The van der Waals surface area contributed by atoms with Gasteiger partial charge in [0, 0.05) is 15.6 Å². The van der Waals surface area contributed by atoms with Gasteiger partial charge in [-0.3, -0.25) is 25.8 Å². The molecule has 0 aliphatic carbocycles. The van der Waals surface area contributed by atoms with E-state index in [2.05, 4.69) is 36.8 Å². The Bertz CT molecular complexity index is 917. The summed E-state index contributed by atoms with van der Waals surface area (Å²) < 4.78 is 5.42. The molecule has 0 aliphatic rings. The van der Waals surface area contributed by atoms with Crippen molar-refractivity contribution in [1.29, 1.82) is 0 Å². The lowest BCUT2D eigenvalue weighted by atomic mass is 10.1. The zero-order valence-electron chi connectivity index (χ0n) is 14.5. The summed E-state index contributed by atoms with van der Waals surface area (Å²) in [5.41, 5.74) is 6.73. The highest BCUT2D eigenvalue weighted by Gasteiger charge is 2.13. The van der Waals surface area contributed by atoms with E-state index in [1.165, 1.54) is 25.3 Å². The van der Waals surface area contributed by atoms with Gasteiger partial charge in [-0.15, -0.1) is 0 Å². The lowest BCUT2D eigenvalue weighted by molar-refractivity contribution is 0.0600. The normalized spacial score (nSPS) is 9.89. The average molecular weight is 450 g/mol. The van der Waals surface area contributed by atoms with Crippen LogP contribution in [0, 0.1) is 6.92 Å². The summed E-state index contributed by atoms with van der Waals surface area (Å²) >= 11 is 8.35. The zero-order chi connectivity index (χ0) is 20.0. The molecule has 27 heavy (non-hydrogen) atoms. The molecular formula is C18H16BrN3O4S. The monoisotopic (exact) mass is 449 g/mol. The maximum absolute atomic E-state index is 12.2. The third-order valence-corrected chi connectivity index (χ3v) is 4.55. The van der Waals surface area contributed by atoms with Gasteiger partial charge in [-0.1, -0.05) is 28.1 Å². The molecule has 0 atom stereocenters. The van der Waals surface area contributed by atoms with E-state index in [-0.39, 0.29) is 16.2 Å². The molecule has 3 N–H and O–H groups in total. The smallest absolute Gasteiger partial charge is 0.337 e. The number of benzene rings is 2. The minimum Gasteiger partial charge on any atom is -0.465 e. The van der Waals surface area contributed by atoms with Gasteiger partial charge >= 0.3 is 5.97 Å². The van der Waals surface area contributed by atoms with E-state index in [1.54, 1.807) is 24.3 Å². The van der Waals surface area contributed by atoms with Crippen LogP contribution in [0.4, 0.5) is 0 Å². The number of aryl methyl sites for hydroxylation is 1. The molecule has 2 amide bonds. The molecule has 7 nitrogen and oxygen atoms in total. The van der Waals surface area contributed by atoms with Gasteiger partial charge < -0.3 is 4.74 Å². The number of methoxy groups -OCH3 is 1. The highest BCUT2D eigenvalue weighted by Crippen LogP contribution is 2.17. The number of carbonyl (C=O) groups excluding carboxylic acids is 3. The molecule has 2 aromatic carbocycles. The number of carbonyl (C=O) groups is 3. The first-order valence-electron chi connectivity index (χ1n) is 7.68. The summed E-state index contributed by atoms with van der Waals surface area (Å²) in [6.07, 6.45) is 0. The van der Waals surface area contributed by atoms with Crippen LogP contribution in [0.5, 0.6) is 0 Å². The molecule has 2 rings (SSSR count). The van der Waals surface area contributed by atoms with Crippen LogP contribution in [0.15, 0.2) is 46.9 Å². The van der Waals surface area contributed by atoms with Crippen LogP contribution in [-0.2, 0) is 4.74 Å². The van der Waals surface area contributed by atoms with Crippen LogP contribution in [-0.4, -0.2) is 30.0 Å². The van der Waals surface area contributed by atoms with Crippen molar-refractivity contribution < 1.29 is 19.1 Å². The number of halogens is 1. The Morgan fingerprint density at radius 3 is 2.30 bits per heavy atom. The van der Waals surface area contributed by atoms with E-state index in [0.29, 0.717) is 5.56 Å². The van der Waals surface area contributed by atoms with E-state index in [0.717, 1.165) is 10.0 Å². The molecule has 0 aliphatic heterocycles. The Labute approximate surface area is 169 Å². The number of amides is 2. The lowest BCUT2D eigenvalue weighted by Gasteiger charge is -2.11. The van der Waals surface area contributed by atoms with Crippen LogP contribution in [0.2, 0.25) is 0 Å². The van der Waals surface area contributed by atoms with Gasteiger partial charge in [-0.2, -0.15) is 0 Å². The van der Waals surface area contributed by atoms with Crippen LogP contribution in [0.25, 0.3) is 0 Å². The fourth-order valence-corrected chi connectivity index (χ4v) is 2.55. The molecule has 9 heteroatoms. The van der Waals surface area contributed by atoms with Crippen molar-refractivity contribution in [3.05, 3.63) is 69.2 Å². The number of hydrogen-bond acceptors (Lipinski definition) is 5. The molecule has 0 aromatic heterocycles. The van der Waals surface area contributed by atoms with E-state index < -0.39 is 17.8 Å². The van der Waals surface area contributed by atoms with Crippen molar-refractivity contribution in [2.75, 3.05) is 7.11 Å². The van der Waals surface area contributed by atoms with Gasteiger partial charge in [-0.05, 0) is 55.0 Å². The quantitative estimate of drug-likeness (QED) is 0.378. The Morgan fingerprint density at radius 1 is 0.963 bits per heavy atom. The summed E-state index contributed by atoms with van der Waals surface area (Å²) in [5, 5.41) is 2.32. The predicted octanol–water partition coefficient (Wildman–Crippen LogP) is 2.49. The van der Waals surface area contributed by atoms with Gasteiger partial charge in [0.1, 0.15) is 0 Å². The van der Waals surface area contributed by atoms with Gasteiger partial charge in [-0.25, -0.2) is 4.79 Å². The molecule has 0 radical (unpaired) electrons. The lowest BCUT2D eigenvalue weighted by Crippen LogP contribution is -2.48. The molecule has 2 aromatic rings. The Kier molecular flexibility index (Phi) is 7.03. The summed E-state index contributed by atoms with van der Waals surface area (Å²) in [6, 6.07) is 11.1. The van der Waals surface area contributed by atoms with E-state index in [4.69, 9.17) is 12.2 Å². The second-order valence-corrected chi connectivity index (χ2v) is 6.66. The van der Waals surface area contributed by atoms with E-state index in [9.17, 15) is 14.4 Å². The zero-order valence-corrected chi connectivity index (χ0v) is 16.9. The molecule has 0 saturated carbocycles. The van der Waals surface area contributed by atoms with Crippen molar-refractivity contribution in [2.45, 2.75) is 6.92 Å².